The number of rotatable bonds is 5. The fourth-order valence-electron chi connectivity index (χ4n) is 4.79. The molecule has 156 valence electrons. The second kappa shape index (κ2) is 8.03. The molecule has 0 saturated heterocycles. The summed E-state index contributed by atoms with van der Waals surface area (Å²) in [6, 6.07) is 6.71. The highest BCUT2D eigenvalue weighted by Gasteiger charge is 2.33. The van der Waals surface area contributed by atoms with E-state index < -0.39 is 0 Å². The van der Waals surface area contributed by atoms with Crippen molar-refractivity contribution in [2.24, 2.45) is 0 Å². The third-order valence-corrected chi connectivity index (χ3v) is 6.18. The maximum absolute atomic E-state index is 5.76. The maximum Gasteiger partial charge on any atom is 0.203 e. The highest BCUT2D eigenvalue weighted by Crippen LogP contribution is 2.47. The van der Waals surface area contributed by atoms with Gasteiger partial charge in [-0.15, -0.1) is 0 Å². The molecule has 0 aromatic heterocycles. The third kappa shape index (κ3) is 3.25. The SMILES string of the molecule is COc1cc2c(cc1OC)[C@@H]1CCc3c(cc(OC)c(OC)c3OC)CN1CC2. The number of methoxy groups -OCH3 is 5. The minimum Gasteiger partial charge on any atom is -0.493 e. The summed E-state index contributed by atoms with van der Waals surface area (Å²) < 4.78 is 28.0. The maximum atomic E-state index is 5.76. The number of hydrogen-bond acceptors (Lipinski definition) is 6. The van der Waals surface area contributed by atoms with Gasteiger partial charge in [0.05, 0.1) is 35.5 Å². The van der Waals surface area contributed by atoms with E-state index in [0.29, 0.717) is 17.5 Å². The van der Waals surface area contributed by atoms with Gasteiger partial charge in [-0.05, 0) is 54.2 Å². The molecule has 6 nitrogen and oxygen atoms in total. The quantitative estimate of drug-likeness (QED) is 0.763. The summed E-state index contributed by atoms with van der Waals surface area (Å²) in [5.74, 6) is 3.75. The molecule has 0 N–H and O–H groups in total. The number of nitrogens with zero attached hydrogens (tertiary/aromatic N) is 1. The van der Waals surface area contributed by atoms with E-state index in [2.05, 4.69) is 23.1 Å². The van der Waals surface area contributed by atoms with Crippen LogP contribution in [0.15, 0.2) is 18.2 Å². The summed E-state index contributed by atoms with van der Waals surface area (Å²) in [6.07, 6.45) is 2.90. The first-order valence-corrected chi connectivity index (χ1v) is 9.94. The van der Waals surface area contributed by atoms with Gasteiger partial charge in [0, 0.05) is 24.7 Å². The molecule has 0 spiro atoms. The van der Waals surface area contributed by atoms with E-state index in [0.717, 1.165) is 49.6 Å². The molecule has 0 bridgehead atoms. The lowest BCUT2D eigenvalue weighted by Crippen LogP contribution is -2.34. The molecule has 2 aromatic rings. The third-order valence-electron chi connectivity index (χ3n) is 6.18. The second-order valence-electron chi connectivity index (χ2n) is 7.46. The molecular formula is C23H29NO5. The molecule has 0 unspecified atom stereocenters. The molecule has 2 aliphatic rings. The molecule has 0 radical (unpaired) electrons. The number of ether oxygens (including phenoxy) is 5. The average molecular weight is 399 g/mol. The van der Waals surface area contributed by atoms with Gasteiger partial charge in [0.25, 0.3) is 0 Å². The molecular weight excluding hydrogens is 370 g/mol. The predicted molar refractivity (Wildman–Crippen MR) is 111 cm³/mol. The molecule has 0 saturated carbocycles. The van der Waals surface area contributed by atoms with Gasteiger partial charge in [-0.3, -0.25) is 4.90 Å². The first-order valence-electron chi connectivity index (χ1n) is 9.94. The predicted octanol–water partition coefficient (Wildman–Crippen LogP) is 3.78. The summed E-state index contributed by atoms with van der Waals surface area (Å²) in [4.78, 5) is 2.55. The normalized spacial score (nSPS) is 18.0. The smallest absolute Gasteiger partial charge is 0.203 e. The lowest BCUT2D eigenvalue weighted by Gasteiger charge is -2.36. The molecule has 2 heterocycles. The van der Waals surface area contributed by atoms with E-state index in [1.807, 2.05) is 0 Å². The van der Waals surface area contributed by atoms with Crippen LogP contribution in [-0.2, 0) is 19.4 Å². The van der Waals surface area contributed by atoms with Gasteiger partial charge in [-0.1, -0.05) is 0 Å². The Kier molecular flexibility index (Phi) is 5.46. The van der Waals surface area contributed by atoms with Crippen molar-refractivity contribution in [2.45, 2.75) is 31.8 Å². The van der Waals surface area contributed by atoms with E-state index in [-0.39, 0.29) is 0 Å². The van der Waals surface area contributed by atoms with E-state index in [1.54, 1.807) is 35.5 Å². The van der Waals surface area contributed by atoms with Crippen LogP contribution >= 0.6 is 0 Å². The summed E-state index contributed by atoms with van der Waals surface area (Å²) in [5.41, 5.74) is 5.13. The Morgan fingerprint density at radius 1 is 0.724 bits per heavy atom. The van der Waals surface area contributed by atoms with Crippen LogP contribution in [0.2, 0.25) is 0 Å². The number of fused-ring (bicyclic) bond motifs is 4. The van der Waals surface area contributed by atoms with Gasteiger partial charge >= 0.3 is 0 Å². The van der Waals surface area contributed by atoms with Crippen LogP contribution in [0.4, 0.5) is 0 Å². The van der Waals surface area contributed by atoms with Crippen molar-refractivity contribution < 1.29 is 23.7 Å². The highest BCUT2D eigenvalue weighted by molar-refractivity contribution is 5.60. The number of hydrogen-bond donors (Lipinski definition) is 0. The van der Waals surface area contributed by atoms with Crippen molar-refractivity contribution in [2.75, 3.05) is 42.1 Å². The zero-order valence-electron chi connectivity index (χ0n) is 17.8. The Labute approximate surface area is 172 Å². The van der Waals surface area contributed by atoms with Gasteiger partial charge in [0.15, 0.2) is 23.0 Å². The highest BCUT2D eigenvalue weighted by atomic mass is 16.5. The molecule has 6 heteroatoms. The van der Waals surface area contributed by atoms with Crippen LogP contribution < -0.4 is 23.7 Å². The monoisotopic (exact) mass is 399 g/mol. The van der Waals surface area contributed by atoms with Crippen molar-refractivity contribution in [3.05, 3.63) is 40.5 Å². The van der Waals surface area contributed by atoms with E-state index in [9.17, 15) is 0 Å². The molecule has 0 amide bonds. The molecule has 2 aromatic carbocycles. The fourth-order valence-corrected chi connectivity index (χ4v) is 4.79. The molecule has 2 aliphatic heterocycles. The Morgan fingerprint density at radius 3 is 2.03 bits per heavy atom. The second-order valence-corrected chi connectivity index (χ2v) is 7.46. The van der Waals surface area contributed by atoms with Crippen LogP contribution in [0.5, 0.6) is 28.7 Å². The van der Waals surface area contributed by atoms with Gasteiger partial charge in [-0.2, -0.15) is 0 Å². The van der Waals surface area contributed by atoms with Gasteiger partial charge in [0.2, 0.25) is 5.75 Å². The standard InChI is InChI=1S/C23H29NO5/c1-25-19-10-14-8-9-24-13-15-11-21(27-3)23(29-5)22(28-4)16(15)6-7-18(24)17(14)12-20(19)26-2/h10-12,18H,6-9,13H2,1-5H3/t18-/m0/s1. The largest absolute Gasteiger partial charge is 0.493 e. The Hall–Kier alpha value is -2.60. The lowest BCUT2D eigenvalue weighted by molar-refractivity contribution is 0.173. The van der Waals surface area contributed by atoms with Crippen LogP contribution in [0.25, 0.3) is 0 Å². The lowest BCUT2D eigenvalue weighted by atomic mass is 9.89. The van der Waals surface area contributed by atoms with Crippen molar-refractivity contribution in [3.63, 3.8) is 0 Å². The Balaban J connectivity index is 1.76. The van der Waals surface area contributed by atoms with Crippen LogP contribution in [-0.4, -0.2) is 47.0 Å². The molecule has 0 aliphatic carbocycles. The van der Waals surface area contributed by atoms with E-state index >= 15 is 0 Å². The van der Waals surface area contributed by atoms with Crippen LogP contribution in [0.3, 0.4) is 0 Å². The summed E-state index contributed by atoms with van der Waals surface area (Å²) in [5, 5.41) is 0. The minimum atomic E-state index is 0.327. The Morgan fingerprint density at radius 2 is 1.38 bits per heavy atom. The van der Waals surface area contributed by atoms with Crippen molar-refractivity contribution >= 4 is 0 Å². The van der Waals surface area contributed by atoms with Gasteiger partial charge in [-0.25, -0.2) is 0 Å². The molecule has 1 atom stereocenters. The zero-order valence-corrected chi connectivity index (χ0v) is 17.8. The van der Waals surface area contributed by atoms with Crippen molar-refractivity contribution in [1.29, 1.82) is 0 Å². The first-order chi connectivity index (χ1) is 14.1. The molecule has 4 rings (SSSR count). The molecule has 29 heavy (non-hydrogen) atoms. The van der Waals surface area contributed by atoms with Crippen molar-refractivity contribution in [1.82, 2.24) is 4.90 Å². The van der Waals surface area contributed by atoms with Gasteiger partial charge in [0.1, 0.15) is 0 Å². The van der Waals surface area contributed by atoms with Gasteiger partial charge < -0.3 is 23.7 Å². The van der Waals surface area contributed by atoms with Crippen molar-refractivity contribution in [3.8, 4) is 28.7 Å². The number of benzene rings is 2. The van der Waals surface area contributed by atoms with Crippen LogP contribution in [0, 0.1) is 0 Å². The first kappa shape index (κ1) is 19.7. The fraction of sp³-hybridized carbons (Fsp3) is 0.478. The summed E-state index contributed by atoms with van der Waals surface area (Å²) in [7, 11) is 8.40. The average Bonchev–Trinajstić information content (AvgIpc) is 2.95. The topological polar surface area (TPSA) is 49.4 Å². The van der Waals surface area contributed by atoms with E-state index in [4.69, 9.17) is 23.7 Å². The van der Waals surface area contributed by atoms with E-state index in [1.165, 1.54) is 22.3 Å². The summed E-state index contributed by atoms with van der Waals surface area (Å²) >= 11 is 0. The summed E-state index contributed by atoms with van der Waals surface area (Å²) in [6.45, 7) is 1.85. The minimum absolute atomic E-state index is 0.327. The van der Waals surface area contributed by atoms with Crippen LogP contribution in [0.1, 0.15) is 34.7 Å². The zero-order chi connectivity index (χ0) is 20.5. The molecule has 0 fully saturated rings. The Bertz CT molecular complexity index is 911.